The Labute approximate surface area is 152 Å². The molecule has 1 aromatic heterocycles. The van der Waals surface area contributed by atoms with Crippen molar-refractivity contribution in [3.05, 3.63) is 107 Å². The largest absolute Gasteiger partial charge is 0.422 e. The molecule has 4 aromatic rings. The van der Waals surface area contributed by atoms with Gasteiger partial charge in [0, 0.05) is 22.3 Å². The highest BCUT2D eigenvalue weighted by atomic mass is 16.4. The van der Waals surface area contributed by atoms with Crippen molar-refractivity contribution in [3.8, 4) is 33.6 Å². The highest BCUT2D eigenvalue weighted by Crippen LogP contribution is 2.40. The molecule has 0 atom stereocenters. The topological polar surface area (TPSA) is 30.2 Å². The molecule has 0 saturated carbocycles. The van der Waals surface area contributed by atoms with Gasteiger partial charge in [0.15, 0.2) is 0 Å². The maximum Gasteiger partial charge on any atom is 0.339 e. The van der Waals surface area contributed by atoms with E-state index in [-0.39, 0.29) is 5.63 Å². The molecule has 26 heavy (non-hydrogen) atoms. The Hall–Kier alpha value is -3.39. The normalized spacial score (nSPS) is 10.7. The first-order valence-electron chi connectivity index (χ1n) is 8.59. The van der Waals surface area contributed by atoms with Gasteiger partial charge in [-0.3, -0.25) is 0 Å². The molecule has 0 N–H and O–H groups in total. The van der Waals surface area contributed by atoms with Gasteiger partial charge in [-0.25, -0.2) is 4.79 Å². The third-order valence-electron chi connectivity index (χ3n) is 4.51. The van der Waals surface area contributed by atoms with E-state index in [1.165, 1.54) is 0 Å². The second-order valence-electron chi connectivity index (χ2n) is 6.19. The minimum atomic E-state index is -0.303. The van der Waals surface area contributed by atoms with E-state index in [4.69, 9.17) is 4.42 Å². The summed E-state index contributed by atoms with van der Waals surface area (Å²) in [6, 6.07) is 29.9. The number of hydrogen-bond donors (Lipinski definition) is 0. The number of hydrogen-bond acceptors (Lipinski definition) is 2. The lowest BCUT2D eigenvalue weighted by molar-refractivity contribution is 0.523. The summed E-state index contributed by atoms with van der Waals surface area (Å²) in [5, 5.41) is 0. The van der Waals surface area contributed by atoms with Gasteiger partial charge in [0.25, 0.3) is 0 Å². The molecule has 0 aliphatic heterocycles. The van der Waals surface area contributed by atoms with Crippen LogP contribution in [0.25, 0.3) is 33.6 Å². The summed E-state index contributed by atoms with van der Waals surface area (Å²) >= 11 is 0. The fourth-order valence-corrected chi connectivity index (χ4v) is 3.26. The summed E-state index contributed by atoms with van der Waals surface area (Å²) < 4.78 is 5.79. The van der Waals surface area contributed by atoms with Crippen LogP contribution < -0.4 is 5.63 Å². The van der Waals surface area contributed by atoms with E-state index < -0.39 is 0 Å². The second kappa shape index (κ2) is 6.85. The molecule has 4 rings (SSSR count). The monoisotopic (exact) mass is 338 g/mol. The fraction of sp³-hybridized carbons (Fsp3) is 0.0417. The first-order chi connectivity index (χ1) is 12.8. The minimum Gasteiger partial charge on any atom is -0.422 e. The molecule has 0 spiro atoms. The first-order valence-corrected chi connectivity index (χ1v) is 8.59. The Bertz CT molecular complexity index is 1080. The van der Waals surface area contributed by atoms with Crippen LogP contribution in [-0.4, -0.2) is 0 Å². The van der Waals surface area contributed by atoms with Crippen LogP contribution in [0.4, 0.5) is 0 Å². The summed E-state index contributed by atoms with van der Waals surface area (Å²) in [6.07, 6.45) is 0. The molecule has 1 heterocycles. The molecule has 0 fully saturated rings. The number of benzene rings is 3. The van der Waals surface area contributed by atoms with Gasteiger partial charge in [0.05, 0.1) is 0 Å². The average Bonchev–Trinajstić information content (AvgIpc) is 2.71. The maximum absolute atomic E-state index is 12.6. The predicted molar refractivity (Wildman–Crippen MR) is 106 cm³/mol. The SMILES string of the molecule is Cc1c(-c2ccccc2)c(-c2ccccc2)c(-c2ccccc2)oc1=O. The molecule has 3 aromatic carbocycles. The lowest BCUT2D eigenvalue weighted by Gasteiger charge is -2.16. The molecule has 0 amide bonds. The van der Waals surface area contributed by atoms with E-state index in [9.17, 15) is 4.79 Å². The minimum absolute atomic E-state index is 0.303. The third-order valence-corrected chi connectivity index (χ3v) is 4.51. The summed E-state index contributed by atoms with van der Waals surface area (Å²) in [7, 11) is 0. The van der Waals surface area contributed by atoms with Gasteiger partial charge in [0.1, 0.15) is 5.76 Å². The van der Waals surface area contributed by atoms with E-state index in [1.807, 2.05) is 97.9 Å². The van der Waals surface area contributed by atoms with Crippen LogP contribution >= 0.6 is 0 Å². The van der Waals surface area contributed by atoms with Crippen LogP contribution in [0.2, 0.25) is 0 Å². The smallest absolute Gasteiger partial charge is 0.339 e. The van der Waals surface area contributed by atoms with Crippen molar-refractivity contribution in [2.24, 2.45) is 0 Å². The van der Waals surface area contributed by atoms with Crippen LogP contribution in [0, 0.1) is 6.92 Å². The molecule has 126 valence electrons. The molecule has 0 radical (unpaired) electrons. The van der Waals surface area contributed by atoms with Crippen LogP contribution in [0.1, 0.15) is 5.56 Å². The Balaban J connectivity index is 2.14. The molecule has 0 saturated heterocycles. The van der Waals surface area contributed by atoms with Gasteiger partial charge in [-0.1, -0.05) is 91.0 Å². The van der Waals surface area contributed by atoms with Crippen LogP contribution in [0.5, 0.6) is 0 Å². The highest BCUT2D eigenvalue weighted by Gasteiger charge is 2.20. The second-order valence-corrected chi connectivity index (χ2v) is 6.19. The third kappa shape index (κ3) is 2.86. The van der Waals surface area contributed by atoms with Gasteiger partial charge in [-0.05, 0) is 18.1 Å². The van der Waals surface area contributed by atoms with Crippen LogP contribution in [0.15, 0.2) is 100 Å². The molecule has 0 aliphatic rings. The predicted octanol–water partition coefficient (Wildman–Crippen LogP) is 5.95. The molecule has 0 unspecified atom stereocenters. The van der Waals surface area contributed by atoms with Gasteiger partial charge in [0.2, 0.25) is 0 Å². The van der Waals surface area contributed by atoms with Crippen LogP contribution in [-0.2, 0) is 0 Å². The lowest BCUT2D eigenvalue weighted by Crippen LogP contribution is -2.08. The van der Waals surface area contributed by atoms with Gasteiger partial charge in [-0.2, -0.15) is 0 Å². The Morgan fingerprint density at radius 2 is 1.00 bits per heavy atom. The van der Waals surface area contributed by atoms with E-state index >= 15 is 0 Å². The van der Waals surface area contributed by atoms with Gasteiger partial charge >= 0.3 is 5.63 Å². The molecule has 2 nitrogen and oxygen atoms in total. The Morgan fingerprint density at radius 1 is 0.577 bits per heavy atom. The molecular formula is C24H18O2. The summed E-state index contributed by atoms with van der Waals surface area (Å²) in [6.45, 7) is 1.83. The molecule has 0 aliphatic carbocycles. The molecule has 2 heteroatoms. The van der Waals surface area contributed by atoms with Crippen molar-refractivity contribution < 1.29 is 4.42 Å². The van der Waals surface area contributed by atoms with E-state index in [0.29, 0.717) is 11.3 Å². The van der Waals surface area contributed by atoms with E-state index in [1.54, 1.807) is 0 Å². The van der Waals surface area contributed by atoms with Crippen LogP contribution in [0.3, 0.4) is 0 Å². The molecular weight excluding hydrogens is 320 g/mol. The Morgan fingerprint density at radius 3 is 1.50 bits per heavy atom. The van der Waals surface area contributed by atoms with Gasteiger partial charge < -0.3 is 4.42 Å². The fourth-order valence-electron chi connectivity index (χ4n) is 3.26. The standard InChI is InChI=1S/C24H18O2/c1-17-21(18-11-5-2-6-12-18)22(19-13-7-3-8-14-19)23(26-24(17)25)20-15-9-4-10-16-20/h2-16H,1H3. The van der Waals surface area contributed by atoms with Crippen molar-refractivity contribution in [1.29, 1.82) is 0 Å². The summed E-state index contributed by atoms with van der Waals surface area (Å²) in [5.74, 6) is 0.603. The zero-order chi connectivity index (χ0) is 17.9. The Kier molecular flexibility index (Phi) is 4.24. The van der Waals surface area contributed by atoms with E-state index in [0.717, 1.165) is 27.8 Å². The average molecular weight is 338 g/mol. The summed E-state index contributed by atoms with van der Waals surface area (Å²) in [5.41, 5.74) is 5.11. The summed E-state index contributed by atoms with van der Waals surface area (Å²) in [4.78, 5) is 12.6. The van der Waals surface area contributed by atoms with Crippen molar-refractivity contribution in [2.45, 2.75) is 6.92 Å². The van der Waals surface area contributed by atoms with Crippen molar-refractivity contribution in [3.63, 3.8) is 0 Å². The van der Waals surface area contributed by atoms with Crippen molar-refractivity contribution in [1.82, 2.24) is 0 Å². The van der Waals surface area contributed by atoms with Crippen molar-refractivity contribution in [2.75, 3.05) is 0 Å². The zero-order valence-electron chi connectivity index (χ0n) is 14.5. The first kappa shape index (κ1) is 16.1. The zero-order valence-corrected chi connectivity index (χ0v) is 14.5. The van der Waals surface area contributed by atoms with Gasteiger partial charge in [-0.15, -0.1) is 0 Å². The lowest BCUT2D eigenvalue weighted by atomic mass is 9.89. The number of rotatable bonds is 3. The molecule has 0 bridgehead atoms. The maximum atomic E-state index is 12.6. The quantitative estimate of drug-likeness (QED) is 0.462. The van der Waals surface area contributed by atoms with E-state index in [2.05, 4.69) is 0 Å². The van der Waals surface area contributed by atoms with Crippen molar-refractivity contribution >= 4 is 0 Å². The highest BCUT2D eigenvalue weighted by molar-refractivity contribution is 5.93.